The van der Waals surface area contributed by atoms with Gasteiger partial charge in [0.2, 0.25) is 15.3 Å². The zero-order chi connectivity index (χ0) is 11.5. The summed E-state index contributed by atoms with van der Waals surface area (Å²) in [6.07, 6.45) is 2.20. The summed E-state index contributed by atoms with van der Waals surface area (Å²) in [5.41, 5.74) is 0. The zero-order valence-electron chi connectivity index (χ0n) is 7.88. The number of aliphatic hydroxyl groups is 1. The molecule has 6 nitrogen and oxygen atoms in total. The van der Waals surface area contributed by atoms with Gasteiger partial charge in [0.25, 0.3) is 0 Å². The van der Waals surface area contributed by atoms with Crippen molar-refractivity contribution in [3.8, 4) is 0 Å². The minimum atomic E-state index is -3.68. The molecule has 0 fully saturated rings. The van der Waals surface area contributed by atoms with Crippen molar-refractivity contribution >= 4 is 21.6 Å². The molecule has 84 valence electrons. The number of sulfonamides is 1. The van der Waals surface area contributed by atoms with Crippen LogP contribution in [0.4, 0.5) is 0 Å². The van der Waals surface area contributed by atoms with Crippen LogP contribution in [-0.2, 0) is 10.0 Å². The van der Waals surface area contributed by atoms with Crippen molar-refractivity contribution < 1.29 is 13.5 Å². The first-order valence-corrected chi connectivity index (χ1v) is 5.92. The van der Waals surface area contributed by atoms with Crippen molar-refractivity contribution in [2.24, 2.45) is 0 Å². The average Bonchev–Trinajstić information content (AvgIpc) is 2.17. The van der Waals surface area contributed by atoms with Crippen LogP contribution in [0.15, 0.2) is 17.3 Å². The van der Waals surface area contributed by atoms with Crippen LogP contribution in [0.3, 0.4) is 0 Å². The Labute approximate surface area is 92.4 Å². The van der Waals surface area contributed by atoms with Crippen LogP contribution in [0.2, 0.25) is 5.28 Å². The minimum absolute atomic E-state index is 0.0239. The van der Waals surface area contributed by atoms with E-state index in [0.717, 1.165) is 12.4 Å². The molecule has 15 heavy (non-hydrogen) atoms. The first-order chi connectivity index (χ1) is 6.95. The SMILES string of the molecule is C[C@@H](CO)NS(=O)(=O)c1cnc(Cl)nc1. The van der Waals surface area contributed by atoms with Crippen LogP contribution >= 0.6 is 11.6 Å². The highest BCUT2D eigenvalue weighted by Crippen LogP contribution is 2.07. The normalized spacial score (nSPS) is 13.8. The molecule has 0 saturated heterocycles. The topological polar surface area (TPSA) is 92.2 Å². The Morgan fingerprint density at radius 3 is 2.53 bits per heavy atom. The van der Waals surface area contributed by atoms with E-state index in [2.05, 4.69) is 14.7 Å². The van der Waals surface area contributed by atoms with Gasteiger partial charge in [-0.05, 0) is 18.5 Å². The van der Waals surface area contributed by atoms with Gasteiger partial charge in [0.1, 0.15) is 4.90 Å². The third-order valence-corrected chi connectivity index (χ3v) is 3.28. The maximum atomic E-state index is 11.6. The molecule has 1 rings (SSSR count). The number of nitrogens with zero attached hydrogens (tertiary/aromatic N) is 2. The summed E-state index contributed by atoms with van der Waals surface area (Å²) >= 11 is 5.42. The van der Waals surface area contributed by atoms with E-state index in [9.17, 15) is 8.42 Å². The van der Waals surface area contributed by atoms with Crippen molar-refractivity contribution in [3.63, 3.8) is 0 Å². The Hall–Kier alpha value is -0.760. The molecule has 0 bridgehead atoms. The van der Waals surface area contributed by atoms with Gasteiger partial charge in [-0.2, -0.15) is 0 Å². The Morgan fingerprint density at radius 2 is 2.07 bits per heavy atom. The fourth-order valence-corrected chi connectivity index (χ4v) is 2.03. The molecule has 0 aliphatic rings. The number of rotatable bonds is 4. The highest BCUT2D eigenvalue weighted by molar-refractivity contribution is 7.89. The Balaban J connectivity index is 2.91. The van der Waals surface area contributed by atoms with Gasteiger partial charge in [-0.25, -0.2) is 23.1 Å². The van der Waals surface area contributed by atoms with Gasteiger partial charge >= 0.3 is 0 Å². The largest absolute Gasteiger partial charge is 0.395 e. The molecule has 8 heteroatoms. The van der Waals surface area contributed by atoms with E-state index >= 15 is 0 Å². The predicted molar refractivity (Wildman–Crippen MR) is 53.9 cm³/mol. The van der Waals surface area contributed by atoms with Crippen molar-refractivity contribution in [2.45, 2.75) is 17.9 Å². The Morgan fingerprint density at radius 1 is 1.53 bits per heavy atom. The van der Waals surface area contributed by atoms with E-state index in [1.165, 1.54) is 6.92 Å². The van der Waals surface area contributed by atoms with E-state index in [-0.39, 0.29) is 16.8 Å². The number of aliphatic hydroxyl groups excluding tert-OH is 1. The number of halogens is 1. The van der Waals surface area contributed by atoms with Crippen LogP contribution < -0.4 is 4.72 Å². The highest BCUT2D eigenvalue weighted by Gasteiger charge is 2.17. The first-order valence-electron chi connectivity index (χ1n) is 4.06. The zero-order valence-corrected chi connectivity index (χ0v) is 9.46. The lowest BCUT2D eigenvalue weighted by Crippen LogP contribution is -2.35. The molecule has 0 saturated carbocycles. The second-order valence-electron chi connectivity index (χ2n) is 2.89. The van der Waals surface area contributed by atoms with Crippen LogP contribution in [0.5, 0.6) is 0 Å². The highest BCUT2D eigenvalue weighted by atomic mass is 35.5. The molecule has 0 aromatic carbocycles. The molecule has 0 unspecified atom stereocenters. The van der Waals surface area contributed by atoms with E-state index in [4.69, 9.17) is 16.7 Å². The second-order valence-corrected chi connectivity index (χ2v) is 4.94. The Bertz CT molecular complexity index is 420. The van der Waals surface area contributed by atoms with Crippen LogP contribution in [0.25, 0.3) is 0 Å². The van der Waals surface area contributed by atoms with Gasteiger partial charge in [-0.1, -0.05) is 0 Å². The van der Waals surface area contributed by atoms with Crippen molar-refractivity contribution in [2.75, 3.05) is 6.61 Å². The summed E-state index contributed by atoms with van der Waals surface area (Å²) in [6.45, 7) is 1.25. The fraction of sp³-hybridized carbons (Fsp3) is 0.429. The maximum absolute atomic E-state index is 11.6. The van der Waals surface area contributed by atoms with Crippen molar-refractivity contribution in [3.05, 3.63) is 17.7 Å². The third kappa shape index (κ3) is 3.38. The molecule has 0 radical (unpaired) electrons. The van der Waals surface area contributed by atoms with Gasteiger partial charge < -0.3 is 5.11 Å². The molecular weight excluding hydrogens is 242 g/mol. The van der Waals surface area contributed by atoms with Crippen LogP contribution in [0, 0.1) is 0 Å². The van der Waals surface area contributed by atoms with Gasteiger partial charge in [0, 0.05) is 6.04 Å². The fourth-order valence-electron chi connectivity index (χ4n) is 0.809. The summed E-state index contributed by atoms with van der Waals surface area (Å²) in [6, 6.07) is -0.564. The lowest BCUT2D eigenvalue weighted by Gasteiger charge is -2.10. The summed E-state index contributed by atoms with van der Waals surface area (Å²) in [4.78, 5) is 7.01. The average molecular weight is 252 g/mol. The molecule has 0 amide bonds. The van der Waals surface area contributed by atoms with Crippen molar-refractivity contribution in [1.29, 1.82) is 0 Å². The number of hydrogen-bond donors (Lipinski definition) is 2. The van der Waals surface area contributed by atoms with Gasteiger partial charge in [0.15, 0.2) is 0 Å². The lowest BCUT2D eigenvalue weighted by atomic mass is 10.4. The van der Waals surface area contributed by atoms with Crippen LogP contribution in [-0.4, -0.2) is 36.1 Å². The molecule has 2 N–H and O–H groups in total. The monoisotopic (exact) mass is 251 g/mol. The van der Waals surface area contributed by atoms with Gasteiger partial charge in [0.05, 0.1) is 19.0 Å². The second kappa shape index (κ2) is 4.84. The molecule has 1 atom stereocenters. The molecule has 0 aliphatic carbocycles. The number of nitrogens with one attached hydrogen (secondary N) is 1. The first kappa shape index (κ1) is 12.3. The number of aromatic nitrogens is 2. The van der Waals surface area contributed by atoms with E-state index in [1.807, 2.05) is 0 Å². The maximum Gasteiger partial charge on any atom is 0.243 e. The number of hydrogen-bond acceptors (Lipinski definition) is 5. The van der Waals surface area contributed by atoms with Gasteiger partial charge in [-0.15, -0.1) is 0 Å². The lowest BCUT2D eigenvalue weighted by molar-refractivity contribution is 0.265. The summed E-state index contributed by atoms with van der Waals surface area (Å²) in [5, 5.41) is 8.69. The molecule has 1 aromatic rings. The summed E-state index contributed by atoms with van der Waals surface area (Å²) < 4.78 is 25.4. The standard InChI is InChI=1S/C7H10ClN3O3S/c1-5(4-12)11-15(13,14)6-2-9-7(8)10-3-6/h2-3,5,11-12H,4H2,1H3/t5-/m0/s1. The van der Waals surface area contributed by atoms with E-state index in [0.29, 0.717) is 0 Å². The van der Waals surface area contributed by atoms with E-state index < -0.39 is 16.1 Å². The van der Waals surface area contributed by atoms with Crippen LogP contribution in [0.1, 0.15) is 6.92 Å². The Kier molecular flexibility index (Phi) is 3.97. The molecule has 0 aliphatic heterocycles. The minimum Gasteiger partial charge on any atom is -0.395 e. The van der Waals surface area contributed by atoms with E-state index in [1.54, 1.807) is 0 Å². The molecule has 1 aromatic heterocycles. The molecule has 1 heterocycles. The van der Waals surface area contributed by atoms with Crippen molar-refractivity contribution in [1.82, 2.24) is 14.7 Å². The molecule has 0 spiro atoms. The summed E-state index contributed by atoms with van der Waals surface area (Å²) in [7, 11) is -3.68. The summed E-state index contributed by atoms with van der Waals surface area (Å²) in [5.74, 6) is 0. The van der Waals surface area contributed by atoms with Gasteiger partial charge in [-0.3, -0.25) is 0 Å². The quantitative estimate of drug-likeness (QED) is 0.723. The smallest absolute Gasteiger partial charge is 0.243 e. The molecular formula is C7H10ClN3O3S. The predicted octanol–water partition coefficient (Wildman–Crippen LogP) is -0.211. The third-order valence-electron chi connectivity index (χ3n) is 1.54.